The second-order valence-electron chi connectivity index (χ2n) is 6.01. The summed E-state index contributed by atoms with van der Waals surface area (Å²) >= 11 is 12.4. The molecular formula is C17H15Cl2NO2. The van der Waals surface area contributed by atoms with Crippen LogP contribution < -0.4 is 9.47 Å². The van der Waals surface area contributed by atoms with Gasteiger partial charge in [0.1, 0.15) is 5.75 Å². The summed E-state index contributed by atoms with van der Waals surface area (Å²) in [7, 11) is 0. The van der Waals surface area contributed by atoms with E-state index in [4.69, 9.17) is 27.9 Å². The zero-order valence-electron chi connectivity index (χ0n) is 12.3. The quantitative estimate of drug-likeness (QED) is 0.569. The Morgan fingerprint density at radius 1 is 1.23 bits per heavy atom. The molecule has 1 aromatic carbocycles. The van der Waals surface area contributed by atoms with Gasteiger partial charge in [0.15, 0.2) is 6.20 Å². The molecule has 1 aromatic heterocycles. The van der Waals surface area contributed by atoms with Crippen molar-refractivity contribution in [2.45, 2.75) is 13.8 Å². The van der Waals surface area contributed by atoms with Gasteiger partial charge in [-0.25, -0.2) is 0 Å². The van der Waals surface area contributed by atoms with Crippen LogP contribution in [0.2, 0.25) is 10.0 Å². The first-order valence-corrected chi connectivity index (χ1v) is 7.67. The number of hydrogen-bond acceptors (Lipinski definition) is 2. The lowest BCUT2D eigenvalue weighted by atomic mass is 9.89. The number of pyridine rings is 1. The van der Waals surface area contributed by atoms with Crippen LogP contribution in [0.4, 0.5) is 0 Å². The van der Waals surface area contributed by atoms with Crippen LogP contribution in [0.1, 0.15) is 25.1 Å². The summed E-state index contributed by atoms with van der Waals surface area (Å²) in [4.78, 5) is 0. The van der Waals surface area contributed by atoms with Crippen molar-refractivity contribution in [1.29, 1.82) is 0 Å². The zero-order valence-corrected chi connectivity index (χ0v) is 13.8. The molecule has 0 atom stereocenters. The fourth-order valence-corrected chi connectivity index (χ4v) is 3.07. The van der Waals surface area contributed by atoms with E-state index in [1.54, 1.807) is 24.3 Å². The third-order valence-electron chi connectivity index (χ3n) is 3.52. The number of ether oxygens (including phenoxy) is 1. The summed E-state index contributed by atoms with van der Waals surface area (Å²) in [6.45, 7) is 4.56. The van der Waals surface area contributed by atoms with E-state index in [9.17, 15) is 5.21 Å². The lowest BCUT2D eigenvalue weighted by molar-refractivity contribution is -0.607. The van der Waals surface area contributed by atoms with Crippen LogP contribution in [0.25, 0.3) is 5.57 Å². The lowest BCUT2D eigenvalue weighted by Gasteiger charge is -2.18. The van der Waals surface area contributed by atoms with E-state index in [0.29, 0.717) is 28.1 Å². The summed E-state index contributed by atoms with van der Waals surface area (Å²) < 4.78 is 6.73. The summed E-state index contributed by atoms with van der Waals surface area (Å²) in [6, 6.07) is 8.73. The molecule has 0 unspecified atom stereocenters. The average molecular weight is 336 g/mol. The SMILES string of the molecule is CC1(C)C=C(c2cccc[n+]2[O-])c2cc(Cl)cc(Cl)c2OC1. The van der Waals surface area contributed by atoms with Crippen LogP contribution in [0, 0.1) is 10.6 Å². The lowest BCUT2D eigenvalue weighted by Crippen LogP contribution is -2.30. The highest BCUT2D eigenvalue weighted by atomic mass is 35.5. The van der Waals surface area contributed by atoms with Gasteiger partial charge < -0.3 is 9.94 Å². The fraction of sp³-hybridized carbons (Fsp3) is 0.235. The van der Waals surface area contributed by atoms with Crippen molar-refractivity contribution in [2.75, 3.05) is 6.61 Å². The van der Waals surface area contributed by atoms with Gasteiger partial charge in [-0.2, -0.15) is 4.73 Å². The maximum Gasteiger partial charge on any atom is 0.224 e. The molecule has 2 aromatic rings. The van der Waals surface area contributed by atoms with E-state index in [1.165, 1.54) is 6.20 Å². The Kier molecular flexibility index (Phi) is 3.79. The highest BCUT2D eigenvalue weighted by molar-refractivity contribution is 6.36. The standard InChI is InChI=1S/C17H15Cl2NO2/c1-17(2)9-13(15-5-3-4-6-20(15)21)12-7-11(18)8-14(19)16(12)22-10-17/h3-9H,10H2,1-2H3. The Balaban J connectivity index is 2.31. The number of fused-ring (bicyclic) bond motifs is 1. The Hall–Kier alpha value is -1.71. The molecule has 0 amide bonds. The average Bonchev–Trinajstić information content (AvgIpc) is 2.56. The minimum absolute atomic E-state index is 0.243. The molecule has 114 valence electrons. The second kappa shape index (κ2) is 5.49. The van der Waals surface area contributed by atoms with Crippen LogP contribution in [-0.2, 0) is 0 Å². The van der Waals surface area contributed by atoms with Crippen molar-refractivity contribution in [3.63, 3.8) is 0 Å². The molecule has 3 nitrogen and oxygen atoms in total. The highest BCUT2D eigenvalue weighted by Gasteiger charge is 2.29. The monoisotopic (exact) mass is 335 g/mol. The molecule has 1 aliphatic rings. The first-order chi connectivity index (χ1) is 10.4. The molecule has 3 rings (SSSR count). The fourth-order valence-electron chi connectivity index (χ4n) is 2.52. The van der Waals surface area contributed by atoms with Gasteiger partial charge in [-0.3, -0.25) is 0 Å². The number of aromatic nitrogens is 1. The van der Waals surface area contributed by atoms with Crippen molar-refractivity contribution < 1.29 is 9.47 Å². The maximum absolute atomic E-state index is 12.2. The highest BCUT2D eigenvalue weighted by Crippen LogP contribution is 2.42. The second-order valence-corrected chi connectivity index (χ2v) is 6.85. The normalized spacial score (nSPS) is 16.3. The van der Waals surface area contributed by atoms with Gasteiger partial charge in [-0.15, -0.1) is 0 Å². The number of halogens is 2. The van der Waals surface area contributed by atoms with Crippen molar-refractivity contribution in [3.8, 4) is 5.75 Å². The Labute approximate surface area is 139 Å². The Morgan fingerprint density at radius 2 is 2.00 bits per heavy atom. The van der Waals surface area contributed by atoms with E-state index >= 15 is 0 Å². The van der Waals surface area contributed by atoms with Crippen LogP contribution >= 0.6 is 23.2 Å². The third-order valence-corrected chi connectivity index (χ3v) is 4.02. The number of hydrogen-bond donors (Lipinski definition) is 0. The van der Waals surface area contributed by atoms with E-state index in [1.807, 2.05) is 26.0 Å². The van der Waals surface area contributed by atoms with Crippen molar-refractivity contribution >= 4 is 28.8 Å². The van der Waals surface area contributed by atoms with Crippen molar-refractivity contribution in [2.24, 2.45) is 5.41 Å². The third kappa shape index (κ3) is 2.79. The molecule has 1 aliphatic heterocycles. The molecule has 0 spiro atoms. The van der Waals surface area contributed by atoms with Gasteiger partial charge in [0.25, 0.3) is 0 Å². The molecule has 2 heterocycles. The summed E-state index contributed by atoms with van der Waals surface area (Å²) in [5.41, 5.74) is 1.81. The summed E-state index contributed by atoms with van der Waals surface area (Å²) in [6.07, 6.45) is 3.51. The maximum atomic E-state index is 12.2. The van der Waals surface area contributed by atoms with Crippen LogP contribution in [0.5, 0.6) is 5.75 Å². The largest absolute Gasteiger partial charge is 0.618 e. The number of nitrogens with zero attached hydrogens (tertiary/aromatic N) is 1. The molecule has 0 N–H and O–H groups in total. The number of rotatable bonds is 1. The van der Waals surface area contributed by atoms with Gasteiger partial charge in [0.05, 0.1) is 17.2 Å². The van der Waals surface area contributed by atoms with Crippen molar-refractivity contribution in [1.82, 2.24) is 0 Å². The molecule has 22 heavy (non-hydrogen) atoms. The Bertz CT molecular complexity index is 769. The topological polar surface area (TPSA) is 36.2 Å². The van der Waals surface area contributed by atoms with E-state index in [0.717, 1.165) is 15.9 Å². The summed E-state index contributed by atoms with van der Waals surface area (Å²) in [5, 5.41) is 13.1. The smallest absolute Gasteiger partial charge is 0.224 e. The van der Waals surface area contributed by atoms with Crippen molar-refractivity contribution in [3.05, 3.63) is 69.1 Å². The molecule has 0 radical (unpaired) electrons. The molecule has 0 fully saturated rings. The first-order valence-electron chi connectivity index (χ1n) is 6.91. The van der Waals surface area contributed by atoms with E-state index in [2.05, 4.69) is 0 Å². The molecule has 0 saturated carbocycles. The van der Waals surface area contributed by atoms with Crippen LogP contribution in [0.3, 0.4) is 0 Å². The first kappa shape index (κ1) is 15.2. The van der Waals surface area contributed by atoms with E-state index < -0.39 is 0 Å². The van der Waals surface area contributed by atoms with Gasteiger partial charge >= 0.3 is 0 Å². The summed E-state index contributed by atoms with van der Waals surface area (Å²) in [5.74, 6) is 0.562. The van der Waals surface area contributed by atoms with E-state index in [-0.39, 0.29) is 5.41 Å². The van der Waals surface area contributed by atoms with Gasteiger partial charge in [-0.05, 0) is 18.2 Å². The molecular weight excluding hydrogens is 321 g/mol. The predicted octanol–water partition coefficient (Wildman–Crippen LogP) is 4.48. The molecule has 0 aliphatic carbocycles. The molecule has 5 heteroatoms. The van der Waals surface area contributed by atoms with Gasteiger partial charge in [0, 0.05) is 28.1 Å². The van der Waals surface area contributed by atoms with Gasteiger partial charge in [-0.1, -0.05) is 43.1 Å². The van der Waals surface area contributed by atoms with Gasteiger partial charge in [0.2, 0.25) is 5.69 Å². The van der Waals surface area contributed by atoms with Crippen LogP contribution in [0.15, 0.2) is 42.6 Å². The zero-order chi connectivity index (χ0) is 15.9. The van der Waals surface area contributed by atoms with Crippen LogP contribution in [-0.4, -0.2) is 6.61 Å². The predicted molar refractivity (Wildman–Crippen MR) is 88.2 cm³/mol. The molecule has 0 bridgehead atoms. The Morgan fingerprint density at radius 3 is 2.73 bits per heavy atom. The minimum atomic E-state index is -0.243. The minimum Gasteiger partial charge on any atom is -0.618 e. The molecule has 0 saturated heterocycles. The number of benzene rings is 1.